The number of nitrogens with one attached hydrogen (secondary N) is 2. The van der Waals surface area contributed by atoms with Gasteiger partial charge in [0.25, 0.3) is 5.91 Å². The standard InChI is InChI=1S/C19H17ClN4O/c1-12-7-8-14(11-13(12)2)22-19-21-10-9-17(24-19)18(25)23-16-6-4-3-5-15(16)20/h3-11H,1-2H3,(H,23,25)(H,21,22,24). The van der Waals surface area contributed by atoms with Crippen LogP contribution in [0.4, 0.5) is 17.3 Å². The summed E-state index contributed by atoms with van der Waals surface area (Å²) in [5, 5.41) is 6.33. The van der Waals surface area contributed by atoms with Gasteiger partial charge in [0.05, 0.1) is 10.7 Å². The van der Waals surface area contributed by atoms with Gasteiger partial charge in [0.1, 0.15) is 5.69 Å². The average molecular weight is 353 g/mol. The van der Waals surface area contributed by atoms with Gasteiger partial charge in [-0.1, -0.05) is 29.8 Å². The van der Waals surface area contributed by atoms with E-state index in [1.165, 1.54) is 11.8 Å². The number of halogens is 1. The highest BCUT2D eigenvalue weighted by atomic mass is 35.5. The lowest BCUT2D eigenvalue weighted by Crippen LogP contribution is -2.15. The number of hydrogen-bond acceptors (Lipinski definition) is 4. The van der Waals surface area contributed by atoms with Crippen molar-refractivity contribution < 1.29 is 4.79 Å². The first-order chi connectivity index (χ1) is 12.0. The molecule has 0 atom stereocenters. The van der Waals surface area contributed by atoms with Crippen molar-refractivity contribution in [2.45, 2.75) is 13.8 Å². The van der Waals surface area contributed by atoms with Gasteiger partial charge < -0.3 is 10.6 Å². The van der Waals surface area contributed by atoms with Crippen LogP contribution in [-0.4, -0.2) is 15.9 Å². The van der Waals surface area contributed by atoms with Crippen LogP contribution in [0.15, 0.2) is 54.7 Å². The average Bonchev–Trinajstić information content (AvgIpc) is 2.60. The number of nitrogens with zero attached hydrogens (tertiary/aromatic N) is 2. The fourth-order valence-corrected chi connectivity index (χ4v) is 2.43. The SMILES string of the molecule is Cc1ccc(Nc2nccc(C(=O)Nc3ccccc3Cl)n2)cc1C. The third kappa shape index (κ3) is 4.14. The maximum atomic E-state index is 12.4. The molecule has 1 heterocycles. The van der Waals surface area contributed by atoms with Gasteiger partial charge in [-0.25, -0.2) is 9.97 Å². The molecule has 0 saturated carbocycles. The first-order valence-corrected chi connectivity index (χ1v) is 8.14. The van der Waals surface area contributed by atoms with Crippen LogP contribution in [0.3, 0.4) is 0 Å². The molecule has 0 radical (unpaired) electrons. The Hall–Kier alpha value is -2.92. The van der Waals surface area contributed by atoms with Gasteiger partial charge in [-0.2, -0.15) is 0 Å². The topological polar surface area (TPSA) is 66.9 Å². The van der Waals surface area contributed by atoms with E-state index in [0.717, 1.165) is 11.3 Å². The molecule has 0 spiro atoms. The minimum absolute atomic E-state index is 0.251. The first-order valence-electron chi connectivity index (χ1n) is 7.76. The molecule has 25 heavy (non-hydrogen) atoms. The number of para-hydroxylation sites is 1. The zero-order chi connectivity index (χ0) is 17.8. The van der Waals surface area contributed by atoms with Crippen LogP contribution in [0.1, 0.15) is 21.6 Å². The van der Waals surface area contributed by atoms with E-state index in [9.17, 15) is 4.79 Å². The Balaban J connectivity index is 1.77. The second kappa shape index (κ2) is 7.32. The summed E-state index contributed by atoms with van der Waals surface area (Å²) in [6, 6.07) is 14.6. The molecule has 0 unspecified atom stereocenters. The predicted octanol–water partition coefficient (Wildman–Crippen LogP) is 4.74. The van der Waals surface area contributed by atoms with Gasteiger partial charge in [-0.15, -0.1) is 0 Å². The summed E-state index contributed by atoms with van der Waals surface area (Å²) in [5.41, 5.74) is 4.03. The fraction of sp³-hybridized carbons (Fsp3) is 0.105. The van der Waals surface area contributed by atoms with Gasteiger partial charge >= 0.3 is 0 Å². The van der Waals surface area contributed by atoms with Crippen LogP contribution in [0.2, 0.25) is 5.02 Å². The maximum absolute atomic E-state index is 12.4. The number of carbonyl (C=O) groups is 1. The molecule has 0 aliphatic rings. The maximum Gasteiger partial charge on any atom is 0.274 e. The molecule has 2 N–H and O–H groups in total. The van der Waals surface area contributed by atoms with E-state index in [2.05, 4.69) is 27.5 Å². The fourth-order valence-electron chi connectivity index (χ4n) is 2.24. The van der Waals surface area contributed by atoms with Crippen LogP contribution in [0, 0.1) is 13.8 Å². The lowest BCUT2D eigenvalue weighted by atomic mass is 10.1. The molecular formula is C19H17ClN4O. The number of amides is 1. The van der Waals surface area contributed by atoms with Gasteiger partial charge in [-0.3, -0.25) is 4.79 Å². The zero-order valence-corrected chi connectivity index (χ0v) is 14.6. The summed E-state index contributed by atoms with van der Waals surface area (Å²) in [6.45, 7) is 4.09. The quantitative estimate of drug-likeness (QED) is 0.711. The number of aromatic nitrogens is 2. The van der Waals surface area contributed by atoms with Gasteiger partial charge in [0.15, 0.2) is 0 Å². The van der Waals surface area contributed by atoms with Crippen LogP contribution in [0.5, 0.6) is 0 Å². The molecule has 0 aliphatic carbocycles. The van der Waals surface area contributed by atoms with Crippen molar-refractivity contribution in [2.24, 2.45) is 0 Å². The number of benzene rings is 2. The minimum atomic E-state index is -0.348. The van der Waals surface area contributed by atoms with Gasteiger partial charge in [-0.05, 0) is 55.3 Å². The van der Waals surface area contributed by atoms with E-state index >= 15 is 0 Å². The van der Waals surface area contributed by atoms with Crippen molar-refractivity contribution in [1.82, 2.24) is 9.97 Å². The van der Waals surface area contributed by atoms with Crippen molar-refractivity contribution in [3.8, 4) is 0 Å². The normalized spacial score (nSPS) is 10.4. The molecule has 1 amide bonds. The van der Waals surface area contributed by atoms with Crippen LogP contribution in [-0.2, 0) is 0 Å². The van der Waals surface area contributed by atoms with Crippen LogP contribution in [0.25, 0.3) is 0 Å². The number of rotatable bonds is 4. The van der Waals surface area contributed by atoms with E-state index in [-0.39, 0.29) is 11.6 Å². The first kappa shape index (κ1) is 16.9. The van der Waals surface area contributed by atoms with Crippen molar-refractivity contribution >= 4 is 34.8 Å². The van der Waals surface area contributed by atoms with Crippen molar-refractivity contribution in [2.75, 3.05) is 10.6 Å². The smallest absolute Gasteiger partial charge is 0.274 e. The predicted molar refractivity (Wildman–Crippen MR) is 101 cm³/mol. The molecule has 2 aromatic carbocycles. The lowest BCUT2D eigenvalue weighted by Gasteiger charge is -2.09. The third-order valence-corrected chi connectivity index (χ3v) is 4.10. The molecule has 0 fully saturated rings. The molecule has 0 aliphatic heterocycles. The second-order valence-corrected chi connectivity index (χ2v) is 6.03. The Morgan fingerprint density at radius 3 is 2.60 bits per heavy atom. The number of carbonyl (C=O) groups excluding carboxylic acids is 1. The largest absolute Gasteiger partial charge is 0.324 e. The second-order valence-electron chi connectivity index (χ2n) is 5.62. The Morgan fingerprint density at radius 2 is 1.84 bits per heavy atom. The minimum Gasteiger partial charge on any atom is -0.324 e. The van der Waals surface area contributed by atoms with E-state index in [1.54, 1.807) is 30.3 Å². The molecule has 5 nitrogen and oxygen atoms in total. The van der Waals surface area contributed by atoms with Gasteiger partial charge in [0, 0.05) is 11.9 Å². The third-order valence-electron chi connectivity index (χ3n) is 3.77. The highest BCUT2D eigenvalue weighted by Crippen LogP contribution is 2.21. The Bertz CT molecular complexity index is 927. The molecule has 0 bridgehead atoms. The molecule has 1 aromatic heterocycles. The molecule has 3 aromatic rings. The number of hydrogen-bond donors (Lipinski definition) is 2. The van der Waals surface area contributed by atoms with E-state index < -0.39 is 0 Å². The Morgan fingerprint density at radius 1 is 1.04 bits per heavy atom. The highest BCUT2D eigenvalue weighted by Gasteiger charge is 2.11. The highest BCUT2D eigenvalue weighted by molar-refractivity contribution is 6.33. The summed E-state index contributed by atoms with van der Waals surface area (Å²) in [4.78, 5) is 20.8. The molecule has 126 valence electrons. The summed E-state index contributed by atoms with van der Waals surface area (Å²) >= 11 is 6.06. The molecule has 3 rings (SSSR count). The lowest BCUT2D eigenvalue weighted by molar-refractivity contribution is 0.102. The van der Waals surface area contributed by atoms with Gasteiger partial charge in [0.2, 0.25) is 5.95 Å². The number of aryl methyl sites for hydroxylation is 2. The Labute approximate surface area is 151 Å². The van der Waals surface area contributed by atoms with Crippen molar-refractivity contribution in [1.29, 1.82) is 0 Å². The van der Waals surface area contributed by atoms with Crippen molar-refractivity contribution in [3.05, 3.63) is 76.6 Å². The monoisotopic (exact) mass is 352 g/mol. The van der Waals surface area contributed by atoms with Crippen molar-refractivity contribution in [3.63, 3.8) is 0 Å². The van der Waals surface area contributed by atoms with E-state index in [1.807, 2.05) is 25.1 Å². The molecular weight excluding hydrogens is 336 g/mol. The Kier molecular flexibility index (Phi) is 4.95. The van der Waals surface area contributed by atoms with E-state index in [4.69, 9.17) is 11.6 Å². The van der Waals surface area contributed by atoms with Crippen LogP contribution < -0.4 is 10.6 Å². The van der Waals surface area contributed by atoms with Crippen LogP contribution >= 0.6 is 11.6 Å². The van der Waals surface area contributed by atoms with E-state index in [0.29, 0.717) is 16.7 Å². The zero-order valence-electron chi connectivity index (χ0n) is 13.9. The summed E-state index contributed by atoms with van der Waals surface area (Å²) in [6.07, 6.45) is 1.54. The summed E-state index contributed by atoms with van der Waals surface area (Å²) in [5.74, 6) is 0.00805. The summed E-state index contributed by atoms with van der Waals surface area (Å²) < 4.78 is 0. The molecule has 6 heteroatoms. The summed E-state index contributed by atoms with van der Waals surface area (Å²) in [7, 11) is 0. The molecule has 0 saturated heterocycles. The number of anilines is 3.